The predicted octanol–water partition coefficient (Wildman–Crippen LogP) is 2.21. The standard InChI is InChI=1S/C12H14O2/c1-2-7-5-6(1)8-9(7)11-12(3-4-12)10(8)13-14-11/h6-7,10-11H,1-5H2/t6-,7+,10+,11-. The van der Waals surface area contributed by atoms with E-state index < -0.39 is 0 Å². The third-order valence-electron chi connectivity index (χ3n) is 5.33. The van der Waals surface area contributed by atoms with Gasteiger partial charge in [-0.15, -0.1) is 0 Å². The predicted molar refractivity (Wildman–Crippen MR) is 49.3 cm³/mol. The minimum atomic E-state index is 0.387. The molecule has 74 valence electrons. The van der Waals surface area contributed by atoms with Gasteiger partial charge in [0.15, 0.2) is 0 Å². The third kappa shape index (κ3) is 0.516. The first kappa shape index (κ1) is 7.02. The summed E-state index contributed by atoms with van der Waals surface area (Å²) in [4.78, 5) is 11.1. The molecule has 2 nitrogen and oxygen atoms in total. The second kappa shape index (κ2) is 1.83. The van der Waals surface area contributed by atoms with Crippen molar-refractivity contribution in [1.29, 1.82) is 0 Å². The van der Waals surface area contributed by atoms with Crippen molar-refractivity contribution in [3.05, 3.63) is 11.1 Å². The van der Waals surface area contributed by atoms with Gasteiger partial charge in [-0.25, -0.2) is 9.78 Å². The third-order valence-corrected chi connectivity index (χ3v) is 5.33. The normalized spacial score (nSPS) is 54.9. The fraction of sp³-hybridized carbons (Fsp3) is 0.833. The number of hydrogen-bond donors (Lipinski definition) is 0. The Morgan fingerprint density at radius 3 is 2.00 bits per heavy atom. The lowest BCUT2D eigenvalue weighted by Crippen LogP contribution is -2.22. The zero-order valence-corrected chi connectivity index (χ0v) is 8.16. The number of rotatable bonds is 0. The minimum Gasteiger partial charge on any atom is -0.228 e. The van der Waals surface area contributed by atoms with Gasteiger partial charge in [0.05, 0.1) is 0 Å². The van der Waals surface area contributed by atoms with Crippen LogP contribution in [0.3, 0.4) is 0 Å². The first-order valence-electron chi connectivity index (χ1n) is 5.96. The van der Waals surface area contributed by atoms with Crippen LogP contribution in [0.5, 0.6) is 0 Å². The average molecular weight is 190 g/mol. The maximum absolute atomic E-state index is 5.54. The molecule has 4 aliphatic carbocycles. The van der Waals surface area contributed by atoms with E-state index in [9.17, 15) is 0 Å². The van der Waals surface area contributed by atoms with Crippen molar-refractivity contribution in [3.63, 3.8) is 0 Å². The van der Waals surface area contributed by atoms with Crippen LogP contribution in [0.4, 0.5) is 0 Å². The largest absolute Gasteiger partial charge is 0.228 e. The summed E-state index contributed by atoms with van der Waals surface area (Å²) in [6.45, 7) is 0. The maximum atomic E-state index is 5.54. The van der Waals surface area contributed by atoms with Gasteiger partial charge in [-0.1, -0.05) is 0 Å². The van der Waals surface area contributed by atoms with Crippen molar-refractivity contribution in [2.75, 3.05) is 0 Å². The topological polar surface area (TPSA) is 18.5 Å². The van der Waals surface area contributed by atoms with Crippen LogP contribution in [0, 0.1) is 17.3 Å². The SMILES string of the molecule is C1C[C@@H]2C[C@H]1C1=C2[C@@H]2OO[C@H]1C21CC1. The molecule has 1 spiro atoms. The lowest BCUT2D eigenvalue weighted by Gasteiger charge is -2.22. The summed E-state index contributed by atoms with van der Waals surface area (Å²) in [5.74, 6) is 1.76. The Hall–Kier alpha value is -0.340. The van der Waals surface area contributed by atoms with Gasteiger partial charge in [0, 0.05) is 5.41 Å². The van der Waals surface area contributed by atoms with E-state index in [-0.39, 0.29) is 0 Å². The van der Waals surface area contributed by atoms with Crippen LogP contribution in [0.1, 0.15) is 32.1 Å². The van der Waals surface area contributed by atoms with Gasteiger partial charge in [-0.2, -0.15) is 0 Å². The summed E-state index contributed by atoms with van der Waals surface area (Å²) in [5, 5.41) is 0. The van der Waals surface area contributed by atoms with Crippen LogP contribution >= 0.6 is 0 Å². The summed E-state index contributed by atoms with van der Waals surface area (Å²) in [7, 11) is 0. The van der Waals surface area contributed by atoms with Crippen molar-refractivity contribution in [2.45, 2.75) is 44.3 Å². The Morgan fingerprint density at radius 2 is 1.50 bits per heavy atom. The highest BCUT2D eigenvalue weighted by Crippen LogP contribution is 2.71. The van der Waals surface area contributed by atoms with Gasteiger partial charge in [0.2, 0.25) is 0 Å². The van der Waals surface area contributed by atoms with Gasteiger partial charge >= 0.3 is 0 Å². The molecule has 0 aromatic rings. The van der Waals surface area contributed by atoms with Gasteiger partial charge in [0.25, 0.3) is 0 Å². The molecule has 1 aliphatic heterocycles. The zero-order chi connectivity index (χ0) is 8.91. The zero-order valence-electron chi connectivity index (χ0n) is 8.16. The number of fused-ring (bicyclic) bond motifs is 6. The molecule has 0 radical (unpaired) electrons. The summed E-state index contributed by atoms with van der Waals surface area (Å²) in [5.41, 5.74) is 3.86. The fourth-order valence-electron chi connectivity index (χ4n) is 4.58. The minimum absolute atomic E-state index is 0.387. The molecule has 14 heavy (non-hydrogen) atoms. The van der Waals surface area contributed by atoms with Crippen LogP contribution in [0.25, 0.3) is 0 Å². The molecule has 0 unspecified atom stereocenters. The molecule has 2 heteroatoms. The summed E-state index contributed by atoms with van der Waals surface area (Å²) >= 11 is 0. The monoisotopic (exact) mass is 190 g/mol. The highest BCUT2D eigenvalue weighted by molar-refractivity contribution is 5.47. The Bertz CT molecular complexity index is 337. The molecule has 1 saturated heterocycles. The Morgan fingerprint density at radius 1 is 0.929 bits per heavy atom. The second-order valence-corrected chi connectivity index (χ2v) is 5.80. The van der Waals surface area contributed by atoms with E-state index in [1.165, 1.54) is 32.1 Å². The maximum Gasteiger partial charge on any atom is 0.123 e. The molecular formula is C12H14O2. The Labute approximate surface area is 83.2 Å². The Kier molecular flexibility index (Phi) is 0.918. The van der Waals surface area contributed by atoms with Gasteiger partial charge in [-0.3, -0.25) is 0 Å². The highest BCUT2D eigenvalue weighted by atomic mass is 17.2. The molecule has 4 bridgehead atoms. The molecule has 2 saturated carbocycles. The van der Waals surface area contributed by atoms with E-state index in [0.717, 1.165) is 11.8 Å². The molecule has 1 heterocycles. The van der Waals surface area contributed by atoms with E-state index in [2.05, 4.69) is 0 Å². The van der Waals surface area contributed by atoms with Crippen LogP contribution in [-0.2, 0) is 9.78 Å². The molecule has 5 rings (SSSR count). The molecule has 4 atom stereocenters. The van der Waals surface area contributed by atoms with Crippen molar-refractivity contribution >= 4 is 0 Å². The van der Waals surface area contributed by atoms with E-state index in [0.29, 0.717) is 17.6 Å². The van der Waals surface area contributed by atoms with Gasteiger partial charge in [0.1, 0.15) is 12.2 Å². The summed E-state index contributed by atoms with van der Waals surface area (Å²) in [6.07, 6.45) is 7.72. The smallest absolute Gasteiger partial charge is 0.123 e. The van der Waals surface area contributed by atoms with Gasteiger partial charge < -0.3 is 0 Å². The fourth-order valence-corrected chi connectivity index (χ4v) is 4.58. The van der Waals surface area contributed by atoms with E-state index >= 15 is 0 Å². The van der Waals surface area contributed by atoms with Crippen LogP contribution in [0.2, 0.25) is 0 Å². The lowest BCUT2D eigenvalue weighted by molar-refractivity contribution is -0.292. The molecule has 3 fully saturated rings. The summed E-state index contributed by atoms with van der Waals surface area (Å²) in [6, 6.07) is 0. The van der Waals surface area contributed by atoms with Crippen molar-refractivity contribution in [1.82, 2.24) is 0 Å². The lowest BCUT2D eigenvalue weighted by atomic mass is 9.90. The van der Waals surface area contributed by atoms with Gasteiger partial charge in [-0.05, 0) is 55.1 Å². The van der Waals surface area contributed by atoms with Crippen LogP contribution in [0.15, 0.2) is 11.1 Å². The first-order chi connectivity index (χ1) is 6.90. The van der Waals surface area contributed by atoms with Crippen molar-refractivity contribution in [2.24, 2.45) is 17.3 Å². The van der Waals surface area contributed by atoms with E-state index in [4.69, 9.17) is 9.78 Å². The van der Waals surface area contributed by atoms with E-state index in [1.807, 2.05) is 0 Å². The second-order valence-electron chi connectivity index (χ2n) is 5.80. The first-order valence-corrected chi connectivity index (χ1v) is 5.96. The van der Waals surface area contributed by atoms with E-state index in [1.54, 1.807) is 11.1 Å². The Balaban J connectivity index is 1.74. The molecule has 0 aromatic carbocycles. The molecule has 0 amide bonds. The summed E-state index contributed by atoms with van der Waals surface area (Å²) < 4.78 is 0. The molecule has 0 N–H and O–H groups in total. The van der Waals surface area contributed by atoms with Crippen molar-refractivity contribution in [3.8, 4) is 0 Å². The number of hydrogen-bond acceptors (Lipinski definition) is 2. The van der Waals surface area contributed by atoms with Crippen LogP contribution in [-0.4, -0.2) is 12.2 Å². The quantitative estimate of drug-likeness (QED) is 0.430. The highest BCUT2D eigenvalue weighted by Gasteiger charge is 2.71. The van der Waals surface area contributed by atoms with Crippen LogP contribution < -0.4 is 0 Å². The molecule has 5 aliphatic rings. The molecular weight excluding hydrogens is 176 g/mol. The molecule has 0 aromatic heterocycles. The van der Waals surface area contributed by atoms with Crippen molar-refractivity contribution < 1.29 is 9.78 Å². The average Bonchev–Trinajstić information content (AvgIpc) is 2.58.